The number of aryl methyl sites for hydroxylation is 1. The monoisotopic (exact) mass is 487 g/mol. The number of amides is 1. The zero-order chi connectivity index (χ0) is 24.6. The summed E-state index contributed by atoms with van der Waals surface area (Å²) in [4.78, 5) is 21.4. The fourth-order valence-corrected chi connectivity index (χ4v) is 6.90. The van der Waals surface area contributed by atoms with Gasteiger partial charge in [0.25, 0.3) is 0 Å². The lowest BCUT2D eigenvalue weighted by Gasteiger charge is -2.45. The van der Waals surface area contributed by atoms with Crippen LogP contribution >= 0.6 is 0 Å². The van der Waals surface area contributed by atoms with Crippen LogP contribution in [0.4, 0.5) is 5.69 Å². The van der Waals surface area contributed by atoms with E-state index in [0.29, 0.717) is 11.9 Å². The highest BCUT2D eigenvalue weighted by molar-refractivity contribution is 5.93. The van der Waals surface area contributed by atoms with Crippen LogP contribution in [0.2, 0.25) is 0 Å². The summed E-state index contributed by atoms with van der Waals surface area (Å²) in [5.74, 6) is 0.366. The van der Waals surface area contributed by atoms with Crippen molar-refractivity contribution in [3.63, 3.8) is 0 Å². The molecule has 0 bridgehead atoms. The Morgan fingerprint density at radius 3 is 1.97 bits per heavy atom. The Kier molecular flexibility index (Phi) is 8.63. The highest BCUT2D eigenvalue weighted by Crippen LogP contribution is 2.40. The summed E-state index contributed by atoms with van der Waals surface area (Å²) in [5, 5.41) is 0. The number of hydrogen-bond donors (Lipinski definition) is 0. The molecule has 194 valence electrons. The van der Waals surface area contributed by atoms with Crippen molar-refractivity contribution < 1.29 is 4.79 Å². The Labute approximate surface area is 218 Å². The summed E-state index contributed by atoms with van der Waals surface area (Å²) in [6.07, 6.45) is 16.4. The maximum Gasteiger partial charge on any atom is 0.250 e. The van der Waals surface area contributed by atoms with E-state index in [2.05, 4.69) is 75.4 Å². The smallest absolute Gasteiger partial charge is 0.250 e. The van der Waals surface area contributed by atoms with Crippen LogP contribution in [0, 0.1) is 0 Å². The number of hydrogen-bond acceptors (Lipinski definition) is 3. The minimum absolute atomic E-state index is 0.366. The molecule has 36 heavy (non-hydrogen) atoms. The predicted molar refractivity (Wildman–Crippen MR) is 149 cm³/mol. The third kappa shape index (κ3) is 5.80. The first kappa shape index (κ1) is 25.3. The van der Waals surface area contributed by atoms with Crippen LogP contribution < -0.4 is 4.90 Å². The van der Waals surface area contributed by atoms with Gasteiger partial charge in [0.1, 0.15) is 5.54 Å². The average molecular weight is 488 g/mol. The van der Waals surface area contributed by atoms with Crippen molar-refractivity contribution in [1.82, 2.24) is 9.80 Å². The van der Waals surface area contributed by atoms with Gasteiger partial charge in [0.15, 0.2) is 0 Å². The van der Waals surface area contributed by atoms with Gasteiger partial charge in [0, 0.05) is 31.4 Å². The highest BCUT2D eigenvalue weighted by Gasteiger charge is 2.53. The minimum Gasteiger partial charge on any atom is -0.339 e. The molecule has 0 unspecified atom stereocenters. The molecule has 3 fully saturated rings. The zero-order valence-corrected chi connectivity index (χ0v) is 22.1. The van der Waals surface area contributed by atoms with Crippen molar-refractivity contribution >= 4 is 11.6 Å². The number of anilines is 1. The number of benzene rings is 2. The Morgan fingerprint density at radius 2 is 1.33 bits per heavy atom. The van der Waals surface area contributed by atoms with Crippen LogP contribution in [0.5, 0.6) is 0 Å². The van der Waals surface area contributed by atoms with Gasteiger partial charge in [-0.3, -0.25) is 4.79 Å². The first-order valence-electron chi connectivity index (χ1n) is 14.7. The maximum absolute atomic E-state index is 14.0. The zero-order valence-electron chi connectivity index (χ0n) is 22.1. The molecule has 4 nitrogen and oxygen atoms in total. The van der Waals surface area contributed by atoms with Gasteiger partial charge in [-0.15, -0.1) is 0 Å². The first-order chi connectivity index (χ1) is 17.8. The molecule has 1 saturated carbocycles. The van der Waals surface area contributed by atoms with E-state index in [1.807, 2.05) is 0 Å². The third-order valence-electron chi connectivity index (χ3n) is 9.03. The molecule has 1 aliphatic carbocycles. The Morgan fingerprint density at radius 1 is 0.750 bits per heavy atom. The molecule has 0 atom stereocenters. The molecule has 2 aromatic rings. The molecule has 3 aliphatic rings. The average Bonchev–Trinajstić information content (AvgIpc) is 3.19. The summed E-state index contributed by atoms with van der Waals surface area (Å²) in [6, 6.07) is 22.1. The number of para-hydroxylation sites is 1. The molecule has 2 aromatic carbocycles. The molecule has 2 aliphatic heterocycles. The van der Waals surface area contributed by atoms with Crippen LogP contribution in [0.25, 0.3) is 0 Å². The number of nitrogens with zero attached hydrogens (tertiary/aromatic N) is 3. The second-order valence-electron chi connectivity index (χ2n) is 11.3. The molecule has 5 rings (SSSR count). The van der Waals surface area contributed by atoms with E-state index in [-0.39, 0.29) is 5.54 Å². The Hall–Kier alpha value is -2.33. The molecule has 0 aromatic heterocycles. The number of carbonyl (C=O) groups is 1. The summed E-state index contributed by atoms with van der Waals surface area (Å²) in [6.45, 7) is 3.67. The largest absolute Gasteiger partial charge is 0.339 e. The molecule has 1 spiro atoms. The van der Waals surface area contributed by atoms with Gasteiger partial charge in [0.2, 0.25) is 5.91 Å². The van der Waals surface area contributed by atoms with E-state index in [1.165, 1.54) is 69.0 Å². The molecular weight excluding hydrogens is 442 g/mol. The third-order valence-corrected chi connectivity index (χ3v) is 9.03. The van der Waals surface area contributed by atoms with Crippen molar-refractivity contribution in [2.45, 2.75) is 95.1 Å². The second-order valence-corrected chi connectivity index (χ2v) is 11.3. The number of piperidine rings is 1. The molecule has 0 radical (unpaired) electrons. The van der Waals surface area contributed by atoms with Crippen molar-refractivity contribution in [2.75, 3.05) is 31.2 Å². The van der Waals surface area contributed by atoms with Gasteiger partial charge < -0.3 is 14.7 Å². The number of likely N-dealkylation sites (tertiary alicyclic amines) is 1. The molecule has 2 saturated heterocycles. The fraction of sp³-hybridized carbons (Fsp3) is 0.594. The molecular formula is C32H45N3O. The fourth-order valence-electron chi connectivity index (χ4n) is 6.90. The summed E-state index contributed by atoms with van der Waals surface area (Å²) in [7, 11) is 0. The molecule has 1 amide bonds. The second kappa shape index (κ2) is 12.3. The van der Waals surface area contributed by atoms with E-state index in [0.717, 1.165) is 52.0 Å². The molecule has 2 heterocycles. The predicted octanol–water partition coefficient (Wildman–Crippen LogP) is 6.65. The highest BCUT2D eigenvalue weighted by atomic mass is 16.2. The SMILES string of the molecule is O=C1N(CCCc2ccccc2)CN(c2ccccc2)C12CCN(C1CCCCCCCCC1)CC2. The summed E-state index contributed by atoms with van der Waals surface area (Å²) < 4.78 is 0. The van der Waals surface area contributed by atoms with E-state index in [4.69, 9.17) is 0 Å². The summed E-state index contributed by atoms with van der Waals surface area (Å²) >= 11 is 0. The summed E-state index contributed by atoms with van der Waals surface area (Å²) in [5.41, 5.74) is 2.18. The van der Waals surface area contributed by atoms with Crippen molar-refractivity contribution in [2.24, 2.45) is 0 Å². The lowest BCUT2D eigenvalue weighted by atomic mass is 9.84. The van der Waals surface area contributed by atoms with Crippen molar-refractivity contribution in [3.8, 4) is 0 Å². The van der Waals surface area contributed by atoms with Gasteiger partial charge in [0.05, 0.1) is 6.67 Å². The molecule has 4 heteroatoms. The van der Waals surface area contributed by atoms with Crippen molar-refractivity contribution in [1.29, 1.82) is 0 Å². The van der Waals surface area contributed by atoms with Gasteiger partial charge in [-0.2, -0.15) is 0 Å². The van der Waals surface area contributed by atoms with Crippen LogP contribution in [0.15, 0.2) is 60.7 Å². The first-order valence-corrected chi connectivity index (χ1v) is 14.7. The van der Waals surface area contributed by atoms with E-state index in [9.17, 15) is 4.79 Å². The number of carbonyl (C=O) groups excluding carboxylic acids is 1. The van der Waals surface area contributed by atoms with Gasteiger partial charge >= 0.3 is 0 Å². The van der Waals surface area contributed by atoms with Crippen molar-refractivity contribution in [3.05, 3.63) is 66.2 Å². The van der Waals surface area contributed by atoms with Crippen LogP contribution in [-0.4, -0.2) is 53.6 Å². The minimum atomic E-state index is -0.374. The maximum atomic E-state index is 14.0. The van der Waals surface area contributed by atoms with Crippen LogP contribution in [-0.2, 0) is 11.2 Å². The van der Waals surface area contributed by atoms with E-state index in [1.54, 1.807) is 0 Å². The Balaban J connectivity index is 1.26. The molecule has 0 N–H and O–H groups in total. The van der Waals surface area contributed by atoms with Gasteiger partial charge in [-0.05, 0) is 56.2 Å². The van der Waals surface area contributed by atoms with Crippen LogP contribution in [0.1, 0.15) is 82.6 Å². The lowest BCUT2D eigenvalue weighted by molar-refractivity contribution is -0.133. The van der Waals surface area contributed by atoms with E-state index >= 15 is 0 Å². The number of rotatable bonds is 6. The van der Waals surface area contributed by atoms with E-state index < -0.39 is 0 Å². The lowest BCUT2D eigenvalue weighted by Crippen LogP contribution is -2.58. The standard InChI is InChI=1S/C32H45N3O/c36-31-32(22-25-33(26-23-32)29-18-10-4-2-1-3-5-11-19-29)35(30-20-12-7-13-21-30)27-34(31)24-14-17-28-15-8-6-9-16-28/h6-9,12-13,15-16,20-21,29H,1-5,10-11,14,17-19,22-27H2. The normalized spacial score (nSPS) is 22.3. The topological polar surface area (TPSA) is 26.8 Å². The quantitative estimate of drug-likeness (QED) is 0.456. The Bertz CT molecular complexity index is 928. The van der Waals surface area contributed by atoms with Gasteiger partial charge in [-0.25, -0.2) is 0 Å². The van der Waals surface area contributed by atoms with Crippen LogP contribution in [0.3, 0.4) is 0 Å². The van der Waals surface area contributed by atoms with Gasteiger partial charge in [-0.1, -0.05) is 93.5 Å².